The topological polar surface area (TPSA) is 54.2 Å². The van der Waals surface area contributed by atoms with Gasteiger partial charge in [-0.3, -0.25) is 9.56 Å². The van der Waals surface area contributed by atoms with E-state index < -0.39 is 6.55 Å². The van der Waals surface area contributed by atoms with E-state index in [1.807, 2.05) is 24.3 Å². The molecule has 0 aliphatic rings. The molecule has 0 atom stereocenters. The van der Waals surface area contributed by atoms with Gasteiger partial charge in [0.05, 0.1) is 6.54 Å². The predicted octanol–water partition coefficient (Wildman–Crippen LogP) is 2.84. The Bertz CT molecular complexity index is 657. The minimum absolute atomic E-state index is 0.156. The van der Waals surface area contributed by atoms with E-state index in [0.717, 1.165) is 21.6 Å². The van der Waals surface area contributed by atoms with E-state index >= 15 is 0 Å². The van der Waals surface area contributed by atoms with E-state index in [0.29, 0.717) is 12.5 Å². The smallest absolute Gasteiger partial charge is 0.319 e. The number of imidazole rings is 1. The molecule has 2 rings (SSSR count). The Morgan fingerprint density at radius 3 is 2.83 bits per heavy atom. The zero-order valence-electron chi connectivity index (χ0n) is 12.6. The van der Waals surface area contributed by atoms with Gasteiger partial charge >= 0.3 is 6.55 Å². The Morgan fingerprint density at radius 1 is 1.35 bits per heavy atom. The lowest BCUT2D eigenvalue weighted by Gasteiger charge is -2.13. The number of hydrogen-bond acceptors (Lipinski definition) is 2. The van der Waals surface area contributed by atoms with Crippen molar-refractivity contribution in [3.05, 3.63) is 53.1 Å². The van der Waals surface area contributed by atoms with Crippen LogP contribution in [0.2, 0.25) is 5.02 Å². The molecule has 0 saturated heterocycles. The molecule has 124 valence electrons. The number of alkyl halides is 2. The fraction of sp³-hybridized carbons (Fsp3) is 0.333. The number of hydrogen-bond donors (Lipinski definition) is 2. The number of nitrogens with one attached hydrogen (secondary N) is 2. The lowest BCUT2D eigenvalue weighted by Crippen LogP contribution is -2.38. The second-order valence-electron chi connectivity index (χ2n) is 4.72. The predicted molar refractivity (Wildman–Crippen MR) is 86.8 cm³/mol. The summed E-state index contributed by atoms with van der Waals surface area (Å²) in [5, 5.41) is 6.79. The summed E-state index contributed by atoms with van der Waals surface area (Å²) in [4.78, 5) is 7.96. The molecule has 0 aliphatic carbocycles. The molecule has 8 heteroatoms. The maximum Gasteiger partial charge on any atom is 0.319 e. The summed E-state index contributed by atoms with van der Waals surface area (Å²) in [5.74, 6) is 0.759. The first-order chi connectivity index (χ1) is 11.1. The number of nitrogens with zero attached hydrogens (tertiary/aromatic N) is 3. The van der Waals surface area contributed by atoms with Crippen molar-refractivity contribution >= 4 is 17.6 Å². The van der Waals surface area contributed by atoms with Crippen molar-refractivity contribution in [3.63, 3.8) is 0 Å². The molecule has 0 unspecified atom stereocenters. The van der Waals surface area contributed by atoms with Gasteiger partial charge in [0.2, 0.25) is 0 Å². The van der Waals surface area contributed by atoms with Crippen LogP contribution in [-0.4, -0.2) is 29.1 Å². The third kappa shape index (κ3) is 4.92. The fourth-order valence-corrected chi connectivity index (χ4v) is 2.29. The third-order valence-corrected chi connectivity index (χ3v) is 3.61. The normalized spacial score (nSPS) is 11.8. The molecule has 0 spiro atoms. The molecule has 0 bridgehead atoms. The van der Waals surface area contributed by atoms with Crippen molar-refractivity contribution in [2.45, 2.75) is 19.5 Å². The number of rotatable bonds is 6. The van der Waals surface area contributed by atoms with E-state index in [-0.39, 0.29) is 12.4 Å². The highest BCUT2D eigenvalue weighted by Gasteiger charge is 2.11. The van der Waals surface area contributed by atoms with E-state index in [9.17, 15) is 8.78 Å². The minimum Gasteiger partial charge on any atom is -0.356 e. The zero-order valence-corrected chi connectivity index (χ0v) is 13.4. The zero-order chi connectivity index (χ0) is 16.7. The van der Waals surface area contributed by atoms with Crippen molar-refractivity contribution < 1.29 is 8.78 Å². The van der Waals surface area contributed by atoms with Crippen LogP contribution in [0.5, 0.6) is 0 Å². The number of aliphatic imine (C=N–C) groups is 1. The average molecular weight is 342 g/mol. The molecule has 0 aliphatic heterocycles. The summed E-state index contributed by atoms with van der Waals surface area (Å²) in [6.45, 7) is -1.83. The van der Waals surface area contributed by atoms with Crippen LogP contribution >= 0.6 is 11.6 Å². The second-order valence-corrected chi connectivity index (χ2v) is 5.13. The lowest BCUT2D eigenvalue weighted by molar-refractivity contribution is 0.0668. The second kappa shape index (κ2) is 8.47. The van der Waals surface area contributed by atoms with Gasteiger partial charge in [0.15, 0.2) is 5.96 Å². The Kier molecular flexibility index (Phi) is 6.34. The van der Waals surface area contributed by atoms with Gasteiger partial charge in [-0.1, -0.05) is 29.8 Å². The van der Waals surface area contributed by atoms with Crippen LogP contribution in [-0.2, 0) is 13.0 Å². The third-order valence-electron chi connectivity index (χ3n) is 3.24. The van der Waals surface area contributed by atoms with Crippen LogP contribution < -0.4 is 10.6 Å². The summed E-state index contributed by atoms with van der Waals surface area (Å²) >= 11 is 6.09. The van der Waals surface area contributed by atoms with Gasteiger partial charge in [0, 0.05) is 31.0 Å². The van der Waals surface area contributed by atoms with E-state index in [1.165, 1.54) is 12.4 Å². The first kappa shape index (κ1) is 17.2. The maximum atomic E-state index is 12.7. The summed E-state index contributed by atoms with van der Waals surface area (Å²) in [6, 6.07) is 7.61. The highest BCUT2D eigenvalue weighted by atomic mass is 35.5. The van der Waals surface area contributed by atoms with Crippen molar-refractivity contribution in [1.29, 1.82) is 0 Å². The molecule has 0 radical (unpaired) electrons. The quantitative estimate of drug-likeness (QED) is 0.627. The lowest BCUT2D eigenvalue weighted by atomic mass is 10.1. The largest absolute Gasteiger partial charge is 0.356 e. The number of guanidine groups is 1. The SMILES string of the molecule is CN=C(NCCc1ccccc1Cl)NCc1nccn1C(F)F. The molecule has 1 aromatic heterocycles. The van der Waals surface area contributed by atoms with Crippen LogP contribution in [0.3, 0.4) is 0 Å². The van der Waals surface area contributed by atoms with E-state index in [1.54, 1.807) is 7.05 Å². The van der Waals surface area contributed by atoms with Crippen LogP contribution in [0.4, 0.5) is 8.78 Å². The van der Waals surface area contributed by atoms with Gasteiger partial charge in [-0.2, -0.15) is 8.78 Å². The Morgan fingerprint density at radius 2 is 2.13 bits per heavy atom. The number of halogens is 3. The number of aromatic nitrogens is 2. The first-order valence-corrected chi connectivity index (χ1v) is 7.47. The highest BCUT2D eigenvalue weighted by molar-refractivity contribution is 6.31. The van der Waals surface area contributed by atoms with Crippen molar-refractivity contribution in [2.24, 2.45) is 4.99 Å². The molecule has 1 heterocycles. The van der Waals surface area contributed by atoms with Crippen molar-refractivity contribution in [1.82, 2.24) is 20.2 Å². The van der Waals surface area contributed by atoms with Crippen LogP contribution in [0.1, 0.15) is 17.9 Å². The summed E-state index contributed by atoms with van der Waals surface area (Å²) in [7, 11) is 1.62. The molecule has 0 saturated carbocycles. The monoisotopic (exact) mass is 341 g/mol. The van der Waals surface area contributed by atoms with Crippen LogP contribution in [0.25, 0.3) is 0 Å². The molecule has 1 aromatic carbocycles. The molecular formula is C15H18ClF2N5. The Hall–Kier alpha value is -2.15. The summed E-state index contributed by atoms with van der Waals surface area (Å²) in [6.07, 6.45) is 3.32. The van der Waals surface area contributed by atoms with Crippen molar-refractivity contribution in [2.75, 3.05) is 13.6 Å². The molecule has 0 amide bonds. The van der Waals surface area contributed by atoms with Gasteiger partial charge in [-0.05, 0) is 18.1 Å². The van der Waals surface area contributed by atoms with Gasteiger partial charge in [0.25, 0.3) is 0 Å². The van der Waals surface area contributed by atoms with Gasteiger partial charge in [-0.25, -0.2) is 4.98 Å². The molecule has 2 N–H and O–H groups in total. The van der Waals surface area contributed by atoms with Gasteiger partial charge in [0.1, 0.15) is 5.82 Å². The minimum atomic E-state index is -2.61. The Balaban J connectivity index is 1.82. The molecule has 5 nitrogen and oxygen atoms in total. The van der Waals surface area contributed by atoms with E-state index in [2.05, 4.69) is 20.6 Å². The van der Waals surface area contributed by atoms with E-state index in [4.69, 9.17) is 11.6 Å². The molecule has 2 aromatic rings. The Labute approximate surface area is 138 Å². The average Bonchev–Trinajstić information content (AvgIpc) is 3.01. The fourth-order valence-electron chi connectivity index (χ4n) is 2.06. The molecule has 23 heavy (non-hydrogen) atoms. The van der Waals surface area contributed by atoms with Crippen molar-refractivity contribution in [3.8, 4) is 0 Å². The standard InChI is InChI=1S/C15H18ClF2N5/c1-19-15(21-7-6-11-4-2-3-5-12(11)16)22-10-13-20-8-9-23(13)14(17)18/h2-5,8-9,14H,6-7,10H2,1H3,(H2,19,21,22). The highest BCUT2D eigenvalue weighted by Crippen LogP contribution is 2.15. The van der Waals surface area contributed by atoms with Gasteiger partial charge in [-0.15, -0.1) is 0 Å². The van der Waals surface area contributed by atoms with Crippen LogP contribution in [0.15, 0.2) is 41.7 Å². The molecule has 0 fully saturated rings. The number of benzene rings is 1. The van der Waals surface area contributed by atoms with Crippen LogP contribution in [0, 0.1) is 0 Å². The summed E-state index contributed by atoms with van der Waals surface area (Å²) in [5.41, 5.74) is 1.03. The molecular weight excluding hydrogens is 324 g/mol. The summed E-state index contributed by atoms with van der Waals surface area (Å²) < 4.78 is 26.3. The maximum absolute atomic E-state index is 12.7. The first-order valence-electron chi connectivity index (χ1n) is 7.09. The van der Waals surface area contributed by atoms with Gasteiger partial charge < -0.3 is 10.6 Å².